The molecule has 0 bridgehead atoms. The Kier molecular flexibility index (Phi) is 6.02. The van der Waals surface area contributed by atoms with Crippen LogP contribution in [0.2, 0.25) is 0 Å². The highest BCUT2D eigenvalue weighted by Gasteiger charge is 2.55. The fourth-order valence-corrected chi connectivity index (χ4v) is 3.28. The van der Waals surface area contributed by atoms with Crippen molar-refractivity contribution >= 4 is 18.2 Å². The third-order valence-corrected chi connectivity index (χ3v) is 4.06. The van der Waals surface area contributed by atoms with E-state index in [1.165, 1.54) is 18.2 Å². The lowest BCUT2D eigenvalue weighted by molar-refractivity contribution is -0.0727. The normalized spacial score (nSPS) is 29.6. The molecule has 1 saturated carbocycles. The molecule has 3 N–H and O–H groups in total. The molecule has 0 aromatic heterocycles. The number of isocyanates is 3. The van der Waals surface area contributed by atoms with Gasteiger partial charge in [0.15, 0.2) is 5.66 Å². The van der Waals surface area contributed by atoms with E-state index in [9.17, 15) is 29.7 Å². The average molecular weight is 311 g/mol. The van der Waals surface area contributed by atoms with Gasteiger partial charge in [0.1, 0.15) is 0 Å². The molecule has 1 aliphatic rings. The van der Waals surface area contributed by atoms with E-state index < -0.39 is 36.3 Å². The maximum Gasteiger partial charge on any atom is 0.237 e. The average Bonchev–Trinajstić information content (AvgIpc) is 2.53. The van der Waals surface area contributed by atoms with Gasteiger partial charge in [-0.25, -0.2) is 19.4 Å². The van der Waals surface area contributed by atoms with Crippen LogP contribution >= 0.6 is 0 Å². The molecule has 1 unspecified atom stereocenters. The van der Waals surface area contributed by atoms with Crippen molar-refractivity contribution in [2.75, 3.05) is 26.4 Å². The summed E-state index contributed by atoms with van der Waals surface area (Å²) in [5, 5.41) is 29.0. The van der Waals surface area contributed by atoms with Crippen molar-refractivity contribution in [2.24, 2.45) is 25.8 Å². The van der Waals surface area contributed by atoms with E-state index in [2.05, 4.69) is 15.0 Å². The van der Waals surface area contributed by atoms with Crippen LogP contribution in [-0.2, 0) is 14.4 Å². The van der Waals surface area contributed by atoms with Gasteiger partial charge in [0, 0.05) is 23.7 Å². The largest absolute Gasteiger partial charge is 0.396 e. The third-order valence-electron chi connectivity index (χ3n) is 4.06. The van der Waals surface area contributed by atoms with Gasteiger partial charge in [-0.2, -0.15) is 9.98 Å². The molecular formula is C13H17N3O6. The minimum absolute atomic E-state index is 0.0755. The first-order valence-corrected chi connectivity index (χ1v) is 6.53. The van der Waals surface area contributed by atoms with Crippen LogP contribution in [0.1, 0.15) is 19.3 Å². The number of hydrogen-bond donors (Lipinski definition) is 3. The first-order valence-electron chi connectivity index (χ1n) is 6.53. The monoisotopic (exact) mass is 311 g/mol. The maximum atomic E-state index is 10.7. The molecule has 0 aliphatic heterocycles. The van der Waals surface area contributed by atoms with Crippen LogP contribution in [-0.4, -0.2) is 65.6 Å². The summed E-state index contributed by atoms with van der Waals surface area (Å²) in [4.78, 5) is 42.3. The molecule has 0 spiro atoms. The zero-order valence-electron chi connectivity index (χ0n) is 11.9. The van der Waals surface area contributed by atoms with Crippen molar-refractivity contribution in [1.29, 1.82) is 0 Å². The molecule has 1 fully saturated rings. The van der Waals surface area contributed by atoms with Gasteiger partial charge in [-0.3, -0.25) is 0 Å². The second-order valence-electron chi connectivity index (χ2n) is 5.80. The molecule has 0 aromatic carbocycles. The topological polar surface area (TPSA) is 149 Å². The predicted molar refractivity (Wildman–Crippen MR) is 71.9 cm³/mol. The Morgan fingerprint density at radius 3 is 1.68 bits per heavy atom. The van der Waals surface area contributed by atoms with Gasteiger partial charge in [0.05, 0.1) is 26.4 Å². The second kappa shape index (κ2) is 7.33. The smallest absolute Gasteiger partial charge is 0.237 e. The third kappa shape index (κ3) is 3.61. The molecule has 1 rings (SSSR count). The number of aliphatic imine (C=N–C) groups is 3. The number of aliphatic hydroxyl groups is 3. The van der Waals surface area contributed by atoms with Gasteiger partial charge in [0.25, 0.3) is 0 Å². The zero-order valence-corrected chi connectivity index (χ0v) is 11.9. The number of hydrogen-bond acceptors (Lipinski definition) is 9. The molecule has 1 aliphatic carbocycles. The Morgan fingerprint density at radius 2 is 1.27 bits per heavy atom. The zero-order chi connectivity index (χ0) is 16.7. The van der Waals surface area contributed by atoms with Crippen LogP contribution in [0.25, 0.3) is 0 Å². The van der Waals surface area contributed by atoms with E-state index in [0.717, 1.165) is 0 Å². The van der Waals surface area contributed by atoms with E-state index in [1.54, 1.807) is 0 Å². The quantitative estimate of drug-likeness (QED) is 0.398. The summed E-state index contributed by atoms with van der Waals surface area (Å²) in [6.07, 6.45) is 3.93. The highest BCUT2D eigenvalue weighted by molar-refractivity contribution is 5.40. The molecule has 22 heavy (non-hydrogen) atoms. The summed E-state index contributed by atoms with van der Waals surface area (Å²) in [7, 11) is 0. The van der Waals surface area contributed by atoms with Crippen LogP contribution in [0.15, 0.2) is 15.0 Å². The second-order valence-corrected chi connectivity index (χ2v) is 5.80. The van der Waals surface area contributed by atoms with E-state index in [-0.39, 0.29) is 25.8 Å². The van der Waals surface area contributed by atoms with Crippen molar-refractivity contribution < 1.29 is 29.7 Å². The number of aliphatic hydroxyl groups excluding tert-OH is 3. The lowest BCUT2D eigenvalue weighted by Gasteiger charge is -2.50. The summed E-state index contributed by atoms with van der Waals surface area (Å²) in [6, 6.07) is 0. The Labute approximate surface area is 126 Å². The summed E-state index contributed by atoms with van der Waals surface area (Å²) in [5.41, 5.74) is -3.86. The molecule has 120 valence electrons. The molecule has 0 aromatic rings. The van der Waals surface area contributed by atoms with Crippen molar-refractivity contribution in [3.8, 4) is 0 Å². The van der Waals surface area contributed by atoms with E-state index >= 15 is 0 Å². The molecule has 1 atom stereocenters. The first kappa shape index (κ1) is 18.1. The number of rotatable bonds is 7. The maximum absolute atomic E-state index is 10.7. The van der Waals surface area contributed by atoms with Crippen molar-refractivity contribution in [3.05, 3.63) is 0 Å². The van der Waals surface area contributed by atoms with Gasteiger partial charge in [0.2, 0.25) is 18.2 Å². The van der Waals surface area contributed by atoms with Crippen molar-refractivity contribution in [2.45, 2.75) is 24.9 Å². The van der Waals surface area contributed by atoms with Gasteiger partial charge < -0.3 is 15.3 Å². The van der Waals surface area contributed by atoms with E-state index in [4.69, 9.17) is 0 Å². The van der Waals surface area contributed by atoms with Gasteiger partial charge in [-0.1, -0.05) is 0 Å². The molecule has 0 amide bonds. The lowest BCUT2D eigenvalue weighted by Crippen LogP contribution is -2.53. The van der Waals surface area contributed by atoms with E-state index in [1.807, 2.05) is 0 Å². The summed E-state index contributed by atoms with van der Waals surface area (Å²) < 4.78 is 0. The predicted octanol–water partition coefficient (Wildman–Crippen LogP) is -1.18. The fourth-order valence-electron chi connectivity index (χ4n) is 3.28. The van der Waals surface area contributed by atoms with Crippen molar-refractivity contribution in [1.82, 2.24) is 0 Å². The molecule has 0 heterocycles. The Balaban J connectivity index is 3.44. The molecule has 0 radical (unpaired) electrons. The molecular weight excluding hydrogens is 294 g/mol. The Morgan fingerprint density at radius 1 is 0.773 bits per heavy atom. The van der Waals surface area contributed by atoms with Crippen LogP contribution in [0.5, 0.6) is 0 Å². The van der Waals surface area contributed by atoms with Gasteiger partial charge in [-0.05, 0) is 6.42 Å². The summed E-state index contributed by atoms with van der Waals surface area (Å²) in [5.74, 6) is 0. The number of nitrogens with zero attached hydrogens (tertiary/aromatic N) is 3. The molecule has 0 saturated heterocycles. The first-order chi connectivity index (χ1) is 10.5. The molecule has 9 nitrogen and oxygen atoms in total. The number of carbonyl (C=O) groups excluding carboxylic acids is 3. The highest BCUT2D eigenvalue weighted by atomic mass is 16.3. The van der Waals surface area contributed by atoms with Gasteiger partial charge >= 0.3 is 0 Å². The Bertz CT molecular complexity index is 524. The minimum atomic E-state index is -1.62. The van der Waals surface area contributed by atoms with Crippen LogP contribution in [0.4, 0.5) is 0 Å². The summed E-state index contributed by atoms with van der Waals surface area (Å²) in [6.45, 7) is -1.61. The van der Waals surface area contributed by atoms with E-state index in [0.29, 0.717) is 0 Å². The summed E-state index contributed by atoms with van der Waals surface area (Å²) >= 11 is 0. The highest BCUT2D eigenvalue weighted by Crippen LogP contribution is 2.52. The Hall–Kier alpha value is -1.98. The van der Waals surface area contributed by atoms with Crippen molar-refractivity contribution in [3.63, 3.8) is 0 Å². The van der Waals surface area contributed by atoms with Crippen LogP contribution < -0.4 is 0 Å². The van der Waals surface area contributed by atoms with Crippen LogP contribution in [0.3, 0.4) is 0 Å². The lowest BCUT2D eigenvalue weighted by atomic mass is 9.59. The standard InChI is InChI=1S/C13H17N3O6/c17-5-11(4-14-8-20)1-12(6-18,7-19)3-13(2-11,15-9-21)16-10-22/h17-19H,1-7H2. The molecule has 9 heteroatoms. The fraction of sp³-hybridized carbons (Fsp3) is 0.769. The minimum Gasteiger partial charge on any atom is -0.396 e. The SMILES string of the molecule is O=C=NCC1(CO)CC(CO)(CO)CC(N=C=O)(N=C=O)C1. The van der Waals surface area contributed by atoms with Crippen LogP contribution in [0, 0.1) is 10.8 Å². The van der Waals surface area contributed by atoms with Gasteiger partial charge in [-0.15, -0.1) is 0 Å².